The number of benzene rings is 3. The Hall–Kier alpha value is -3.19. The van der Waals surface area contributed by atoms with Gasteiger partial charge in [0.25, 0.3) is 0 Å². The van der Waals surface area contributed by atoms with Gasteiger partial charge in [0.1, 0.15) is 0 Å². The molecule has 3 aromatic carbocycles. The average Bonchev–Trinajstić information content (AvgIpc) is 2.92. The van der Waals surface area contributed by atoms with Gasteiger partial charge in [-0.2, -0.15) is 0 Å². The van der Waals surface area contributed by atoms with Gasteiger partial charge in [-0.3, -0.25) is 0 Å². The number of pyridine rings is 1. The van der Waals surface area contributed by atoms with Crippen LogP contribution in [0.3, 0.4) is 0 Å². The molecular weight excluding hydrogens is 621 g/mol. The van der Waals surface area contributed by atoms with Gasteiger partial charge in [-0.05, 0) is 0 Å². The number of nitrogen functional groups attached to an aromatic ring is 1. The van der Waals surface area contributed by atoms with E-state index in [1.165, 1.54) is 0 Å². The zero-order valence-corrected chi connectivity index (χ0v) is 25.0. The average molecular weight is 645 g/mol. The van der Waals surface area contributed by atoms with Crippen molar-refractivity contribution < 1.29 is 4.79 Å². The molecule has 5 rings (SSSR count). The van der Waals surface area contributed by atoms with Gasteiger partial charge in [-0.25, -0.2) is 0 Å². The summed E-state index contributed by atoms with van der Waals surface area (Å²) in [7, 11) is 0. The summed E-state index contributed by atoms with van der Waals surface area (Å²) in [6.45, 7) is 4.24. The van der Waals surface area contributed by atoms with E-state index in [4.69, 9.17) is 10.7 Å². The van der Waals surface area contributed by atoms with E-state index in [2.05, 4.69) is 51.1 Å². The molecule has 0 aliphatic heterocycles. The summed E-state index contributed by atoms with van der Waals surface area (Å²) in [6, 6.07) is 25.3. The molecule has 1 radical (unpaired) electrons. The fourth-order valence-corrected chi connectivity index (χ4v) is 7.46. The van der Waals surface area contributed by atoms with Crippen LogP contribution in [0, 0.1) is 0 Å². The van der Waals surface area contributed by atoms with E-state index in [-0.39, 0.29) is 5.91 Å². The summed E-state index contributed by atoms with van der Waals surface area (Å²) < 4.78 is 3.00. The third kappa shape index (κ3) is 6.26. The number of fused-ring (bicyclic) bond motifs is 1. The van der Waals surface area contributed by atoms with Gasteiger partial charge in [0, 0.05) is 0 Å². The zero-order valence-electron chi connectivity index (χ0n) is 20.7. The summed E-state index contributed by atoms with van der Waals surface area (Å²) in [6.07, 6.45) is 1.58. The van der Waals surface area contributed by atoms with Gasteiger partial charge in [-0.1, -0.05) is 0 Å². The first-order valence-electron chi connectivity index (χ1n) is 11.9. The Kier molecular flexibility index (Phi) is 8.12. The fraction of sp³-hybridized carbons (Fsp3) is 0.103. The number of carbonyl (C=O) groups excluding carboxylic acids is 1. The van der Waals surface area contributed by atoms with Crippen LogP contribution in [0.2, 0.25) is 0 Å². The normalized spacial score (nSPS) is 11.5. The molecule has 189 valence electrons. The van der Waals surface area contributed by atoms with Gasteiger partial charge < -0.3 is 0 Å². The number of rotatable bonds is 7. The number of hydrogen-bond donors (Lipinski definition) is 2. The molecule has 0 unspecified atom stereocenters. The number of hydrogen-bond acceptors (Lipinski definition) is 6. The number of anilines is 2. The van der Waals surface area contributed by atoms with Crippen LogP contribution in [-0.4, -0.2) is 36.6 Å². The first-order valence-corrected chi connectivity index (χ1v) is 15.4. The maximum absolute atomic E-state index is 13.2. The standard InChI is InChI=1S/C29H24AsBrN5OS/c1-17(2)25-13-12-23-27(33-16-34-28(23)36-25)30-24-15-18(29(37)35-21-8-4-19(31)5-9-21)3-14-26(24)38-22-10-6-20(32)7-11-22/h3-17H,32H2,1-2H3,(H,35,37). The molecule has 0 spiro atoms. The molecule has 0 saturated heterocycles. The quantitative estimate of drug-likeness (QED) is 0.178. The molecule has 0 aliphatic carbocycles. The molecule has 0 atom stereocenters. The van der Waals surface area contributed by atoms with Crippen molar-refractivity contribution in [2.45, 2.75) is 29.6 Å². The Morgan fingerprint density at radius 3 is 2.47 bits per heavy atom. The molecule has 3 N–H and O–H groups in total. The number of amides is 1. The Balaban J connectivity index is 1.51. The monoisotopic (exact) mass is 644 g/mol. The molecule has 2 heterocycles. The van der Waals surface area contributed by atoms with Crippen molar-refractivity contribution in [3.63, 3.8) is 0 Å². The van der Waals surface area contributed by atoms with E-state index >= 15 is 0 Å². The minimum atomic E-state index is -0.566. The number of nitrogens with one attached hydrogen (secondary N) is 1. The van der Waals surface area contributed by atoms with Crippen LogP contribution in [0.1, 0.15) is 35.8 Å². The molecule has 0 saturated carbocycles. The molecule has 2 aromatic heterocycles. The Morgan fingerprint density at radius 2 is 1.74 bits per heavy atom. The Morgan fingerprint density at radius 1 is 0.974 bits per heavy atom. The van der Waals surface area contributed by atoms with Crippen LogP contribution in [0.5, 0.6) is 0 Å². The summed E-state index contributed by atoms with van der Waals surface area (Å²) >= 11 is 4.52. The topological polar surface area (TPSA) is 93.8 Å². The third-order valence-electron chi connectivity index (χ3n) is 5.75. The molecule has 1 amide bonds. The molecule has 6 nitrogen and oxygen atoms in total. The molecular formula is C29H24AsBrN5OS. The molecule has 0 fully saturated rings. The van der Waals surface area contributed by atoms with Gasteiger partial charge in [0.15, 0.2) is 0 Å². The Bertz CT molecular complexity index is 1610. The molecule has 38 heavy (non-hydrogen) atoms. The van der Waals surface area contributed by atoms with Crippen molar-refractivity contribution in [3.05, 3.63) is 101 Å². The van der Waals surface area contributed by atoms with Crippen LogP contribution in [0.4, 0.5) is 11.4 Å². The summed E-state index contributed by atoms with van der Waals surface area (Å²) in [5.41, 5.74) is 9.65. The van der Waals surface area contributed by atoms with Gasteiger partial charge >= 0.3 is 242 Å². The predicted octanol–water partition coefficient (Wildman–Crippen LogP) is 5.55. The van der Waals surface area contributed by atoms with Gasteiger partial charge in [0.05, 0.1) is 0 Å². The van der Waals surface area contributed by atoms with Gasteiger partial charge in [0.2, 0.25) is 0 Å². The number of carbonyl (C=O) groups is 1. The summed E-state index contributed by atoms with van der Waals surface area (Å²) in [5, 5.41) is 3.94. The first-order chi connectivity index (χ1) is 18.4. The summed E-state index contributed by atoms with van der Waals surface area (Å²) in [4.78, 5) is 29.1. The molecule has 0 aliphatic rings. The van der Waals surface area contributed by atoms with Crippen molar-refractivity contribution >= 4 is 80.6 Å². The number of nitrogens with zero attached hydrogens (tertiary/aromatic N) is 3. The molecule has 9 heteroatoms. The predicted molar refractivity (Wildman–Crippen MR) is 160 cm³/mol. The van der Waals surface area contributed by atoms with E-state index in [0.29, 0.717) is 17.1 Å². The number of halogens is 1. The van der Waals surface area contributed by atoms with E-state index < -0.39 is 15.8 Å². The van der Waals surface area contributed by atoms with Gasteiger partial charge in [-0.15, -0.1) is 0 Å². The second-order valence-corrected chi connectivity index (χ2v) is 13.3. The second-order valence-electron chi connectivity index (χ2n) is 8.89. The molecule has 5 aromatic rings. The Labute approximate surface area is 240 Å². The fourth-order valence-electron chi connectivity index (χ4n) is 3.70. The van der Waals surface area contributed by atoms with Crippen molar-refractivity contribution in [1.29, 1.82) is 0 Å². The van der Waals surface area contributed by atoms with Crippen LogP contribution in [0.25, 0.3) is 11.0 Å². The third-order valence-corrected chi connectivity index (χ3v) is 10.2. The van der Waals surface area contributed by atoms with Crippen molar-refractivity contribution in [2.75, 3.05) is 11.1 Å². The van der Waals surface area contributed by atoms with E-state index in [0.717, 1.165) is 45.6 Å². The first kappa shape index (κ1) is 26.4. The summed E-state index contributed by atoms with van der Waals surface area (Å²) in [5.74, 6) is 0.157. The van der Waals surface area contributed by atoms with E-state index in [1.54, 1.807) is 18.1 Å². The number of nitrogens with two attached hydrogens (primary N) is 1. The minimum absolute atomic E-state index is 0.158. The zero-order chi connectivity index (χ0) is 26.6. The maximum atomic E-state index is 13.2. The van der Waals surface area contributed by atoms with Crippen molar-refractivity contribution in [3.8, 4) is 0 Å². The van der Waals surface area contributed by atoms with Crippen molar-refractivity contribution in [1.82, 2.24) is 15.0 Å². The van der Waals surface area contributed by atoms with Crippen LogP contribution in [0.15, 0.2) is 99.5 Å². The van der Waals surface area contributed by atoms with Crippen molar-refractivity contribution in [2.24, 2.45) is 0 Å². The van der Waals surface area contributed by atoms with E-state index in [1.807, 2.05) is 72.8 Å². The van der Waals surface area contributed by atoms with Crippen LogP contribution in [-0.2, 0) is 0 Å². The van der Waals surface area contributed by atoms with Crippen LogP contribution >= 0.6 is 27.7 Å². The van der Waals surface area contributed by atoms with E-state index in [9.17, 15) is 4.79 Å². The number of aromatic nitrogens is 3. The SMILES string of the molecule is CC(C)c1ccc2c([As]c3cc(C(=O)Nc4ccc(Br)cc4)ccc3Sc3ccc(N)cc3)ncnc2n1. The molecule has 0 bridgehead atoms. The second kappa shape index (κ2) is 11.7. The van der Waals surface area contributed by atoms with Crippen LogP contribution < -0.4 is 19.9 Å².